The maximum Gasteiger partial charge on any atom is 0.227 e. The second-order valence-electron chi connectivity index (χ2n) is 7.96. The molecule has 1 saturated carbocycles. The number of rotatable bonds is 7. The number of hydrogen-bond acceptors (Lipinski definition) is 2. The van der Waals surface area contributed by atoms with Gasteiger partial charge in [-0.3, -0.25) is 9.59 Å². The van der Waals surface area contributed by atoms with E-state index in [9.17, 15) is 9.59 Å². The maximum atomic E-state index is 13.1. The molecule has 1 aliphatic heterocycles. The Morgan fingerprint density at radius 1 is 1.23 bits per heavy atom. The van der Waals surface area contributed by atoms with E-state index in [4.69, 9.17) is 0 Å². The zero-order chi connectivity index (χ0) is 18.5. The Kier molecular flexibility index (Phi) is 6.12. The molecule has 0 spiro atoms. The van der Waals surface area contributed by atoms with Crippen LogP contribution in [0.5, 0.6) is 0 Å². The molecule has 2 amide bonds. The third-order valence-electron chi connectivity index (χ3n) is 5.11. The van der Waals surface area contributed by atoms with Crippen LogP contribution in [0.1, 0.15) is 45.1 Å². The fraction of sp³-hybridized carbons (Fsp3) is 0.545. The maximum absolute atomic E-state index is 13.1. The summed E-state index contributed by atoms with van der Waals surface area (Å²) in [5, 5.41) is 0. The fourth-order valence-electron chi connectivity index (χ4n) is 3.65. The summed E-state index contributed by atoms with van der Waals surface area (Å²) >= 11 is 0. The Morgan fingerprint density at radius 3 is 2.62 bits per heavy atom. The van der Waals surface area contributed by atoms with Crippen LogP contribution in [0.25, 0.3) is 6.08 Å². The molecular weight excluding hydrogens is 324 g/mol. The van der Waals surface area contributed by atoms with Crippen molar-refractivity contribution in [2.45, 2.75) is 45.6 Å². The van der Waals surface area contributed by atoms with E-state index in [2.05, 4.69) is 38.1 Å². The normalized spacial score (nSPS) is 20.8. The topological polar surface area (TPSA) is 40.6 Å². The second kappa shape index (κ2) is 8.52. The smallest absolute Gasteiger partial charge is 0.227 e. The molecule has 4 nitrogen and oxygen atoms in total. The van der Waals surface area contributed by atoms with Crippen LogP contribution in [0.2, 0.25) is 0 Å². The van der Waals surface area contributed by atoms with E-state index in [0.717, 1.165) is 24.9 Å². The Bertz CT molecular complexity index is 649. The largest absolute Gasteiger partial charge is 0.339 e. The molecule has 0 radical (unpaired) electrons. The van der Waals surface area contributed by atoms with Crippen LogP contribution in [-0.4, -0.2) is 47.3 Å². The van der Waals surface area contributed by atoms with Crippen LogP contribution in [0.3, 0.4) is 0 Å². The van der Waals surface area contributed by atoms with Gasteiger partial charge < -0.3 is 9.80 Å². The van der Waals surface area contributed by atoms with E-state index in [1.807, 2.05) is 28.0 Å². The number of hydrogen-bond donors (Lipinski definition) is 0. The molecule has 3 rings (SSSR count). The van der Waals surface area contributed by atoms with Gasteiger partial charge in [0.2, 0.25) is 11.8 Å². The van der Waals surface area contributed by atoms with E-state index in [1.165, 1.54) is 0 Å². The summed E-state index contributed by atoms with van der Waals surface area (Å²) in [5.41, 5.74) is 1.15. The third-order valence-corrected chi connectivity index (χ3v) is 5.11. The second-order valence-corrected chi connectivity index (χ2v) is 7.96. The molecule has 1 aliphatic carbocycles. The quantitative estimate of drug-likeness (QED) is 0.751. The van der Waals surface area contributed by atoms with Crippen LogP contribution >= 0.6 is 0 Å². The van der Waals surface area contributed by atoms with Gasteiger partial charge in [-0.1, -0.05) is 56.3 Å². The van der Waals surface area contributed by atoms with Gasteiger partial charge in [-0.05, 0) is 30.7 Å². The Hall–Kier alpha value is -2.10. The van der Waals surface area contributed by atoms with Crippen LogP contribution in [0.4, 0.5) is 0 Å². The standard InChI is InChI=1S/C22H30N2O2/c1-17(2)15-23(14-6-9-18-7-4-3-5-8-18)22(26)19-10-13-21(25)24(16-19)20-11-12-20/h3-9,17,19-20H,10-16H2,1-2H3. The molecule has 26 heavy (non-hydrogen) atoms. The van der Waals surface area contributed by atoms with Gasteiger partial charge >= 0.3 is 0 Å². The lowest BCUT2D eigenvalue weighted by Crippen LogP contribution is -2.48. The van der Waals surface area contributed by atoms with E-state index in [-0.39, 0.29) is 17.7 Å². The highest BCUT2D eigenvalue weighted by atomic mass is 16.2. The lowest BCUT2D eigenvalue weighted by atomic mass is 9.95. The Balaban J connectivity index is 1.63. The summed E-state index contributed by atoms with van der Waals surface area (Å²) in [5.74, 6) is 0.816. The van der Waals surface area contributed by atoms with Crippen molar-refractivity contribution < 1.29 is 9.59 Å². The van der Waals surface area contributed by atoms with Crippen molar-refractivity contribution >= 4 is 17.9 Å². The lowest BCUT2D eigenvalue weighted by Gasteiger charge is -2.35. The van der Waals surface area contributed by atoms with Gasteiger partial charge in [0.1, 0.15) is 0 Å². The summed E-state index contributed by atoms with van der Waals surface area (Å²) < 4.78 is 0. The number of likely N-dealkylation sites (tertiary alicyclic amines) is 1. The molecule has 1 aromatic carbocycles. The van der Waals surface area contributed by atoms with E-state index >= 15 is 0 Å². The highest BCUT2D eigenvalue weighted by Crippen LogP contribution is 2.32. The van der Waals surface area contributed by atoms with Gasteiger partial charge in [0.05, 0.1) is 5.92 Å². The molecule has 140 valence electrons. The van der Waals surface area contributed by atoms with Gasteiger partial charge in [-0.15, -0.1) is 0 Å². The van der Waals surface area contributed by atoms with E-state index < -0.39 is 0 Å². The SMILES string of the molecule is CC(C)CN(CC=Cc1ccccc1)C(=O)C1CCC(=O)N(C2CC2)C1. The predicted octanol–water partition coefficient (Wildman–Crippen LogP) is 3.59. The average Bonchev–Trinajstić information content (AvgIpc) is 3.46. The van der Waals surface area contributed by atoms with Crippen molar-refractivity contribution in [2.24, 2.45) is 11.8 Å². The molecule has 0 N–H and O–H groups in total. The molecule has 0 aromatic heterocycles. The number of benzene rings is 1. The summed E-state index contributed by atoms with van der Waals surface area (Å²) in [7, 11) is 0. The van der Waals surface area contributed by atoms with Crippen LogP contribution in [0.15, 0.2) is 36.4 Å². The highest BCUT2D eigenvalue weighted by Gasteiger charge is 2.39. The first kappa shape index (κ1) is 18.7. The third kappa shape index (κ3) is 4.96. The minimum atomic E-state index is -0.0443. The van der Waals surface area contributed by atoms with Crippen LogP contribution < -0.4 is 0 Å². The van der Waals surface area contributed by atoms with Gasteiger partial charge in [0.15, 0.2) is 0 Å². The zero-order valence-electron chi connectivity index (χ0n) is 15.9. The number of piperidine rings is 1. The van der Waals surface area contributed by atoms with Crippen LogP contribution in [0, 0.1) is 11.8 Å². The summed E-state index contributed by atoms with van der Waals surface area (Å²) in [6, 6.07) is 10.6. The number of amides is 2. The van der Waals surface area contributed by atoms with Crippen molar-refractivity contribution in [2.75, 3.05) is 19.6 Å². The molecule has 4 heteroatoms. The van der Waals surface area contributed by atoms with E-state index in [1.54, 1.807) is 0 Å². The molecule has 2 fully saturated rings. The summed E-state index contributed by atoms with van der Waals surface area (Å²) in [6.45, 7) is 6.27. The molecule has 0 bridgehead atoms. The van der Waals surface area contributed by atoms with Gasteiger partial charge in [0.25, 0.3) is 0 Å². The zero-order valence-corrected chi connectivity index (χ0v) is 15.9. The molecule has 1 atom stereocenters. The monoisotopic (exact) mass is 354 g/mol. The summed E-state index contributed by atoms with van der Waals surface area (Å²) in [6.07, 6.45) is 7.55. The molecule has 1 unspecified atom stereocenters. The van der Waals surface area contributed by atoms with Gasteiger partial charge in [0, 0.05) is 32.1 Å². The predicted molar refractivity (Wildman–Crippen MR) is 104 cm³/mol. The van der Waals surface area contributed by atoms with Crippen molar-refractivity contribution in [3.05, 3.63) is 42.0 Å². The Morgan fingerprint density at radius 2 is 1.96 bits per heavy atom. The van der Waals surface area contributed by atoms with Crippen LogP contribution in [-0.2, 0) is 9.59 Å². The first-order valence-electron chi connectivity index (χ1n) is 9.84. The summed E-state index contributed by atoms with van der Waals surface area (Å²) in [4.78, 5) is 29.2. The van der Waals surface area contributed by atoms with Gasteiger partial charge in [-0.2, -0.15) is 0 Å². The molecule has 1 aromatic rings. The minimum absolute atomic E-state index is 0.0443. The van der Waals surface area contributed by atoms with E-state index in [0.29, 0.717) is 37.9 Å². The average molecular weight is 354 g/mol. The molecular formula is C22H30N2O2. The van der Waals surface area contributed by atoms with Crippen molar-refractivity contribution in [3.63, 3.8) is 0 Å². The first-order chi connectivity index (χ1) is 12.5. The fourth-order valence-corrected chi connectivity index (χ4v) is 3.65. The lowest BCUT2D eigenvalue weighted by molar-refractivity contribution is -0.143. The highest BCUT2D eigenvalue weighted by molar-refractivity contribution is 5.84. The number of carbonyl (C=O) groups excluding carboxylic acids is 2. The van der Waals surface area contributed by atoms with Crippen molar-refractivity contribution in [1.82, 2.24) is 9.80 Å². The number of nitrogens with zero attached hydrogens (tertiary/aromatic N) is 2. The minimum Gasteiger partial charge on any atom is -0.339 e. The van der Waals surface area contributed by atoms with Crippen molar-refractivity contribution in [3.8, 4) is 0 Å². The molecule has 2 aliphatic rings. The first-order valence-corrected chi connectivity index (χ1v) is 9.84. The molecule has 1 heterocycles. The Labute approximate surface area is 156 Å². The van der Waals surface area contributed by atoms with Gasteiger partial charge in [-0.25, -0.2) is 0 Å². The molecule has 1 saturated heterocycles. The number of carbonyl (C=O) groups is 2. The van der Waals surface area contributed by atoms with Crippen molar-refractivity contribution in [1.29, 1.82) is 0 Å².